The molecule has 6 nitrogen and oxygen atoms in total. The molecule has 1 aliphatic rings. The summed E-state index contributed by atoms with van der Waals surface area (Å²) >= 11 is 0. The number of hydrogen-bond acceptors (Lipinski definition) is 4. The third-order valence-electron chi connectivity index (χ3n) is 6.10. The van der Waals surface area contributed by atoms with E-state index in [0.29, 0.717) is 37.6 Å². The largest absolute Gasteiger partial charge is 0.354 e. The van der Waals surface area contributed by atoms with E-state index in [1.54, 1.807) is 6.07 Å². The molecule has 2 unspecified atom stereocenters. The molecule has 0 spiro atoms. The Morgan fingerprint density at radius 3 is 2.26 bits per heavy atom. The molecule has 3 rings (SSSR count). The van der Waals surface area contributed by atoms with Crippen molar-refractivity contribution in [2.24, 2.45) is 0 Å². The molecule has 0 radical (unpaired) electrons. The second-order valence-electron chi connectivity index (χ2n) is 8.44. The second-order valence-corrected chi connectivity index (χ2v) is 10.3. The summed E-state index contributed by atoms with van der Waals surface area (Å²) in [4.78, 5) is 15.1. The highest BCUT2D eigenvalue weighted by Gasteiger charge is 2.32. The van der Waals surface area contributed by atoms with Gasteiger partial charge in [0.1, 0.15) is 0 Å². The highest BCUT2D eigenvalue weighted by molar-refractivity contribution is 7.89. The minimum atomic E-state index is -3.52. The van der Waals surface area contributed by atoms with Crippen molar-refractivity contribution < 1.29 is 13.2 Å². The molecule has 168 valence electrons. The third-order valence-corrected chi connectivity index (χ3v) is 8.16. The molecule has 2 aromatic rings. The Morgan fingerprint density at radius 2 is 1.65 bits per heavy atom. The van der Waals surface area contributed by atoms with Crippen molar-refractivity contribution in [2.75, 3.05) is 32.7 Å². The molecule has 1 saturated heterocycles. The number of nitrogens with one attached hydrogen (secondary N) is 1. The monoisotopic (exact) mass is 443 g/mol. The fourth-order valence-corrected chi connectivity index (χ4v) is 5.65. The zero-order chi connectivity index (χ0) is 22.6. The Hall–Kier alpha value is -2.22. The SMILES string of the molecule is Cc1ccc(S(=O)(=O)N2CCN(C(C)C(=O)NCC(C)c3ccccc3)CC2)c(C)c1. The van der Waals surface area contributed by atoms with Crippen LogP contribution in [-0.2, 0) is 14.8 Å². The summed E-state index contributed by atoms with van der Waals surface area (Å²) in [6.07, 6.45) is 0. The van der Waals surface area contributed by atoms with Gasteiger partial charge in [-0.2, -0.15) is 4.31 Å². The van der Waals surface area contributed by atoms with E-state index in [1.807, 2.05) is 51.1 Å². The van der Waals surface area contributed by atoms with E-state index in [1.165, 1.54) is 9.87 Å². The molecule has 1 amide bonds. The van der Waals surface area contributed by atoms with Gasteiger partial charge >= 0.3 is 0 Å². The summed E-state index contributed by atoms with van der Waals surface area (Å²) in [7, 11) is -3.52. The van der Waals surface area contributed by atoms with Gasteiger partial charge in [0, 0.05) is 32.7 Å². The molecule has 1 N–H and O–H groups in total. The van der Waals surface area contributed by atoms with Crippen LogP contribution >= 0.6 is 0 Å². The number of carbonyl (C=O) groups excluding carboxylic acids is 1. The summed E-state index contributed by atoms with van der Waals surface area (Å²) in [6, 6.07) is 15.2. The van der Waals surface area contributed by atoms with Crippen LogP contribution in [0.25, 0.3) is 0 Å². The maximum Gasteiger partial charge on any atom is 0.243 e. The van der Waals surface area contributed by atoms with Crippen molar-refractivity contribution in [3.05, 3.63) is 65.2 Å². The number of hydrogen-bond donors (Lipinski definition) is 1. The van der Waals surface area contributed by atoms with E-state index in [0.717, 1.165) is 11.1 Å². The Kier molecular flexibility index (Phi) is 7.51. The van der Waals surface area contributed by atoms with Crippen molar-refractivity contribution in [2.45, 2.75) is 44.6 Å². The van der Waals surface area contributed by atoms with Gasteiger partial charge in [0.2, 0.25) is 15.9 Å². The Morgan fingerprint density at radius 1 is 1.00 bits per heavy atom. The van der Waals surface area contributed by atoms with Gasteiger partial charge in [-0.05, 0) is 43.9 Å². The first-order chi connectivity index (χ1) is 14.7. The number of nitrogens with zero attached hydrogens (tertiary/aromatic N) is 2. The summed E-state index contributed by atoms with van der Waals surface area (Å²) in [6.45, 7) is 10.2. The van der Waals surface area contributed by atoms with Crippen molar-refractivity contribution in [3.8, 4) is 0 Å². The van der Waals surface area contributed by atoms with Crippen molar-refractivity contribution in [1.82, 2.24) is 14.5 Å². The van der Waals surface area contributed by atoms with Crippen LogP contribution in [0, 0.1) is 13.8 Å². The fraction of sp³-hybridized carbons (Fsp3) is 0.458. The van der Waals surface area contributed by atoms with Crippen LogP contribution in [0.5, 0.6) is 0 Å². The van der Waals surface area contributed by atoms with Crippen LogP contribution < -0.4 is 5.32 Å². The molecule has 2 aromatic carbocycles. The van der Waals surface area contributed by atoms with Gasteiger partial charge in [-0.1, -0.05) is 55.0 Å². The Bertz CT molecular complexity index is 1000. The lowest BCUT2D eigenvalue weighted by atomic mass is 10.0. The summed E-state index contributed by atoms with van der Waals surface area (Å²) in [5, 5.41) is 3.05. The molecular formula is C24H33N3O3S. The van der Waals surface area contributed by atoms with E-state index in [-0.39, 0.29) is 17.9 Å². The standard InChI is InChI=1S/C24H33N3O3S/c1-18-10-11-23(19(2)16-18)31(29,30)27-14-12-26(13-15-27)21(4)24(28)25-17-20(3)22-8-6-5-7-9-22/h5-11,16,20-21H,12-15,17H2,1-4H3,(H,25,28). The molecule has 0 aromatic heterocycles. The summed E-state index contributed by atoms with van der Waals surface area (Å²) in [5.74, 6) is 0.213. The third kappa shape index (κ3) is 5.53. The second kappa shape index (κ2) is 9.94. The maximum absolute atomic E-state index is 13.1. The summed E-state index contributed by atoms with van der Waals surface area (Å²) in [5.41, 5.74) is 3.01. The van der Waals surface area contributed by atoms with Crippen molar-refractivity contribution in [3.63, 3.8) is 0 Å². The van der Waals surface area contributed by atoms with Gasteiger partial charge in [0.15, 0.2) is 0 Å². The van der Waals surface area contributed by atoms with Crippen LogP contribution in [0.2, 0.25) is 0 Å². The number of amides is 1. The van der Waals surface area contributed by atoms with Gasteiger partial charge in [0.05, 0.1) is 10.9 Å². The molecule has 1 heterocycles. The quantitative estimate of drug-likeness (QED) is 0.714. The lowest BCUT2D eigenvalue weighted by Crippen LogP contribution is -2.55. The number of benzene rings is 2. The molecule has 1 aliphatic heterocycles. The van der Waals surface area contributed by atoms with E-state index in [9.17, 15) is 13.2 Å². The molecule has 2 atom stereocenters. The van der Waals surface area contributed by atoms with Crippen molar-refractivity contribution >= 4 is 15.9 Å². The van der Waals surface area contributed by atoms with Gasteiger partial charge < -0.3 is 5.32 Å². The highest BCUT2D eigenvalue weighted by Crippen LogP contribution is 2.22. The number of sulfonamides is 1. The molecule has 0 aliphatic carbocycles. The van der Waals surface area contributed by atoms with Crippen LogP contribution in [0.15, 0.2) is 53.4 Å². The van der Waals surface area contributed by atoms with E-state index in [2.05, 4.69) is 29.3 Å². The van der Waals surface area contributed by atoms with Gasteiger partial charge in [-0.15, -0.1) is 0 Å². The highest BCUT2D eigenvalue weighted by atomic mass is 32.2. The van der Waals surface area contributed by atoms with Crippen LogP contribution in [0.3, 0.4) is 0 Å². The Balaban J connectivity index is 1.54. The molecule has 31 heavy (non-hydrogen) atoms. The van der Waals surface area contributed by atoms with Crippen LogP contribution in [-0.4, -0.2) is 62.3 Å². The summed E-state index contributed by atoms with van der Waals surface area (Å²) < 4.78 is 27.7. The average molecular weight is 444 g/mol. The first-order valence-electron chi connectivity index (χ1n) is 10.8. The molecule has 0 bridgehead atoms. The molecular weight excluding hydrogens is 410 g/mol. The number of aryl methyl sites for hydroxylation is 2. The van der Waals surface area contributed by atoms with Crippen molar-refractivity contribution in [1.29, 1.82) is 0 Å². The minimum Gasteiger partial charge on any atom is -0.354 e. The first kappa shape index (κ1) is 23.4. The minimum absolute atomic E-state index is 0.0199. The zero-order valence-electron chi connectivity index (χ0n) is 18.8. The van der Waals surface area contributed by atoms with Gasteiger partial charge in [0.25, 0.3) is 0 Å². The lowest BCUT2D eigenvalue weighted by Gasteiger charge is -2.37. The zero-order valence-corrected chi connectivity index (χ0v) is 19.7. The first-order valence-corrected chi connectivity index (χ1v) is 12.3. The number of piperazine rings is 1. The molecule has 7 heteroatoms. The topological polar surface area (TPSA) is 69.7 Å². The fourth-order valence-electron chi connectivity index (χ4n) is 4.03. The maximum atomic E-state index is 13.1. The molecule has 1 fully saturated rings. The normalized spacial score (nSPS) is 17.8. The van der Waals surface area contributed by atoms with E-state index in [4.69, 9.17) is 0 Å². The lowest BCUT2D eigenvalue weighted by molar-refractivity contribution is -0.126. The number of rotatable bonds is 7. The van der Waals surface area contributed by atoms with Gasteiger partial charge in [-0.3, -0.25) is 9.69 Å². The van der Waals surface area contributed by atoms with E-state index >= 15 is 0 Å². The van der Waals surface area contributed by atoms with E-state index < -0.39 is 10.0 Å². The molecule has 0 saturated carbocycles. The predicted octanol–water partition coefficient (Wildman–Crippen LogP) is 2.92. The Labute approximate surface area is 186 Å². The number of carbonyl (C=O) groups is 1. The van der Waals surface area contributed by atoms with Crippen LogP contribution in [0.4, 0.5) is 0 Å². The average Bonchev–Trinajstić information content (AvgIpc) is 2.77. The smallest absolute Gasteiger partial charge is 0.243 e. The predicted molar refractivity (Wildman–Crippen MR) is 124 cm³/mol. The van der Waals surface area contributed by atoms with Crippen LogP contribution in [0.1, 0.15) is 36.5 Å². The van der Waals surface area contributed by atoms with Gasteiger partial charge in [-0.25, -0.2) is 8.42 Å².